The van der Waals surface area contributed by atoms with Crippen LogP contribution < -0.4 is 0 Å². The van der Waals surface area contributed by atoms with Crippen LogP contribution in [-0.2, 0) is 13.0 Å². The predicted molar refractivity (Wildman–Crippen MR) is 85.8 cm³/mol. The lowest BCUT2D eigenvalue weighted by molar-refractivity contribution is 0.272. The minimum absolute atomic E-state index is 0.0144. The number of aromatic nitrogens is 3. The van der Waals surface area contributed by atoms with Gasteiger partial charge in [-0.3, -0.25) is 0 Å². The third kappa shape index (κ3) is 3.14. The molecule has 4 nitrogen and oxygen atoms in total. The third-order valence-electron chi connectivity index (χ3n) is 4.56. The van der Waals surface area contributed by atoms with Crippen LogP contribution in [-0.4, -0.2) is 19.7 Å². The molecule has 2 heterocycles. The molecule has 21 heavy (non-hydrogen) atoms. The second-order valence-corrected chi connectivity index (χ2v) is 7.53. The van der Waals surface area contributed by atoms with E-state index in [0.717, 1.165) is 33.7 Å². The fourth-order valence-corrected chi connectivity index (χ4v) is 4.29. The van der Waals surface area contributed by atoms with E-state index in [9.17, 15) is 5.11 Å². The van der Waals surface area contributed by atoms with E-state index in [0.29, 0.717) is 5.92 Å². The molecule has 5 heteroatoms. The highest BCUT2D eigenvalue weighted by molar-refractivity contribution is 7.16. The predicted octanol–water partition coefficient (Wildman–Crippen LogP) is 3.92. The lowest BCUT2D eigenvalue weighted by Gasteiger charge is -2.20. The van der Waals surface area contributed by atoms with Gasteiger partial charge in [-0.15, -0.1) is 0 Å². The van der Waals surface area contributed by atoms with Gasteiger partial charge in [-0.05, 0) is 18.3 Å². The summed E-state index contributed by atoms with van der Waals surface area (Å²) in [5, 5.41) is 15.4. The van der Waals surface area contributed by atoms with Crippen LogP contribution in [0.3, 0.4) is 0 Å². The Kier molecular flexibility index (Phi) is 4.60. The van der Waals surface area contributed by atoms with E-state index in [2.05, 4.69) is 23.9 Å². The van der Waals surface area contributed by atoms with Crippen LogP contribution in [0, 0.1) is 5.92 Å². The normalized spacial score (nSPS) is 17.1. The molecule has 2 aromatic rings. The van der Waals surface area contributed by atoms with Crippen LogP contribution in [0.1, 0.15) is 74.7 Å². The van der Waals surface area contributed by atoms with Gasteiger partial charge in [0.1, 0.15) is 5.01 Å². The Morgan fingerprint density at radius 3 is 2.71 bits per heavy atom. The zero-order valence-electron chi connectivity index (χ0n) is 13.0. The average molecular weight is 307 g/mol. The monoisotopic (exact) mass is 307 g/mol. The van der Waals surface area contributed by atoms with Gasteiger partial charge in [0.25, 0.3) is 0 Å². The van der Waals surface area contributed by atoms with E-state index in [1.54, 1.807) is 11.3 Å². The SMILES string of the molecule is CC(C)c1nc2sc(CCC3CCCCC3)nn2c1CO. The van der Waals surface area contributed by atoms with Crippen molar-refractivity contribution in [3.63, 3.8) is 0 Å². The van der Waals surface area contributed by atoms with Gasteiger partial charge < -0.3 is 5.11 Å². The summed E-state index contributed by atoms with van der Waals surface area (Å²) in [6.07, 6.45) is 9.31. The van der Waals surface area contributed by atoms with Gasteiger partial charge in [0.15, 0.2) is 0 Å². The number of fused-ring (bicyclic) bond motifs is 1. The summed E-state index contributed by atoms with van der Waals surface area (Å²) < 4.78 is 1.86. The molecule has 1 fully saturated rings. The molecule has 0 unspecified atom stereocenters. The minimum Gasteiger partial charge on any atom is -0.390 e. The van der Waals surface area contributed by atoms with Crippen molar-refractivity contribution in [3.8, 4) is 0 Å². The van der Waals surface area contributed by atoms with E-state index < -0.39 is 0 Å². The highest BCUT2D eigenvalue weighted by Gasteiger charge is 2.19. The smallest absolute Gasteiger partial charge is 0.212 e. The fourth-order valence-electron chi connectivity index (χ4n) is 3.36. The number of hydrogen-bond acceptors (Lipinski definition) is 4. The molecule has 1 N–H and O–H groups in total. The molecule has 0 saturated heterocycles. The van der Waals surface area contributed by atoms with E-state index in [4.69, 9.17) is 0 Å². The molecular formula is C16H25N3OS. The molecular weight excluding hydrogens is 282 g/mol. The summed E-state index contributed by atoms with van der Waals surface area (Å²) >= 11 is 1.68. The molecule has 0 spiro atoms. The maximum Gasteiger partial charge on any atom is 0.212 e. The summed E-state index contributed by atoms with van der Waals surface area (Å²) in [5.74, 6) is 1.21. The van der Waals surface area contributed by atoms with Crippen LogP contribution in [0.15, 0.2) is 0 Å². The first-order valence-corrected chi connectivity index (χ1v) is 8.98. The van der Waals surface area contributed by atoms with Gasteiger partial charge in [-0.1, -0.05) is 57.3 Å². The quantitative estimate of drug-likeness (QED) is 0.911. The Balaban J connectivity index is 1.73. The average Bonchev–Trinajstić information content (AvgIpc) is 3.03. The van der Waals surface area contributed by atoms with E-state index in [-0.39, 0.29) is 6.61 Å². The van der Waals surface area contributed by atoms with Crippen molar-refractivity contribution >= 4 is 16.3 Å². The summed E-state index contributed by atoms with van der Waals surface area (Å²) in [6, 6.07) is 0. The topological polar surface area (TPSA) is 50.4 Å². The van der Waals surface area contributed by atoms with Crippen LogP contribution in [0.2, 0.25) is 0 Å². The fraction of sp³-hybridized carbons (Fsp3) is 0.750. The zero-order valence-corrected chi connectivity index (χ0v) is 13.8. The standard InChI is InChI=1S/C16H25N3OS/c1-11(2)15-13(10-20)19-16(17-15)21-14(18-19)9-8-12-6-4-3-5-7-12/h11-12,20H,3-10H2,1-2H3. The molecule has 0 aromatic carbocycles. The summed E-state index contributed by atoms with van der Waals surface area (Å²) in [5.41, 5.74) is 1.84. The highest BCUT2D eigenvalue weighted by atomic mass is 32.1. The van der Waals surface area contributed by atoms with Crippen molar-refractivity contribution in [2.24, 2.45) is 5.92 Å². The van der Waals surface area contributed by atoms with Crippen molar-refractivity contribution in [2.45, 2.75) is 71.3 Å². The molecule has 116 valence electrons. The summed E-state index contributed by atoms with van der Waals surface area (Å²) in [4.78, 5) is 5.59. The first kappa shape index (κ1) is 15.0. The van der Waals surface area contributed by atoms with Crippen LogP contribution in [0.4, 0.5) is 0 Å². The van der Waals surface area contributed by atoms with Crippen molar-refractivity contribution in [1.82, 2.24) is 14.6 Å². The molecule has 3 rings (SSSR count). The Hall–Kier alpha value is -0.940. The van der Waals surface area contributed by atoms with Crippen LogP contribution in [0.5, 0.6) is 0 Å². The van der Waals surface area contributed by atoms with Gasteiger partial charge in [-0.25, -0.2) is 9.50 Å². The van der Waals surface area contributed by atoms with Crippen molar-refractivity contribution in [1.29, 1.82) is 0 Å². The third-order valence-corrected chi connectivity index (χ3v) is 5.53. The first-order chi connectivity index (χ1) is 10.2. The number of aliphatic hydroxyl groups excluding tert-OH is 1. The molecule has 0 bridgehead atoms. The molecule has 2 aromatic heterocycles. The number of aryl methyl sites for hydroxylation is 1. The second-order valence-electron chi connectivity index (χ2n) is 6.49. The van der Waals surface area contributed by atoms with Gasteiger partial charge in [0, 0.05) is 6.42 Å². The summed E-state index contributed by atoms with van der Waals surface area (Å²) in [6.45, 7) is 4.23. The Labute approximate surface area is 130 Å². The minimum atomic E-state index is 0.0144. The number of imidazole rings is 1. The highest BCUT2D eigenvalue weighted by Crippen LogP contribution is 2.29. The van der Waals surface area contributed by atoms with E-state index in [1.807, 2.05) is 4.52 Å². The lowest BCUT2D eigenvalue weighted by atomic mass is 9.86. The maximum absolute atomic E-state index is 9.60. The molecule has 0 amide bonds. The Bertz CT molecular complexity index is 596. The van der Waals surface area contributed by atoms with Crippen molar-refractivity contribution in [2.75, 3.05) is 0 Å². The van der Waals surface area contributed by atoms with Gasteiger partial charge in [0.05, 0.1) is 18.0 Å². The molecule has 0 atom stereocenters. The number of hydrogen-bond donors (Lipinski definition) is 1. The molecule has 1 aliphatic carbocycles. The van der Waals surface area contributed by atoms with Crippen molar-refractivity contribution in [3.05, 3.63) is 16.4 Å². The second kappa shape index (κ2) is 6.44. The van der Waals surface area contributed by atoms with Crippen LogP contribution in [0.25, 0.3) is 4.96 Å². The lowest BCUT2D eigenvalue weighted by Crippen LogP contribution is -2.07. The molecule has 1 saturated carbocycles. The van der Waals surface area contributed by atoms with Gasteiger partial charge in [0.2, 0.25) is 4.96 Å². The van der Waals surface area contributed by atoms with Gasteiger partial charge in [-0.2, -0.15) is 5.10 Å². The largest absolute Gasteiger partial charge is 0.390 e. The molecule has 0 aliphatic heterocycles. The van der Waals surface area contributed by atoms with Crippen molar-refractivity contribution < 1.29 is 5.11 Å². The Morgan fingerprint density at radius 1 is 1.29 bits per heavy atom. The zero-order chi connectivity index (χ0) is 14.8. The molecule has 0 radical (unpaired) electrons. The van der Waals surface area contributed by atoms with E-state index in [1.165, 1.54) is 38.5 Å². The first-order valence-electron chi connectivity index (χ1n) is 8.17. The van der Waals surface area contributed by atoms with Crippen LogP contribution >= 0.6 is 11.3 Å². The summed E-state index contributed by atoms with van der Waals surface area (Å²) in [7, 11) is 0. The molecule has 1 aliphatic rings. The van der Waals surface area contributed by atoms with E-state index >= 15 is 0 Å². The number of rotatable bonds is 5. The maximum atomic E-state index is 9.60. The number of nitrogens with zero attached hydrogens (tertiary/aromatic N) is 3. The Morgan fingerprint density at radius 2 is 2.05 bits per heavy atom. The number of aliphatic hydroxyl groups is 1. The van der Waals surface area contributed by atoms with Gasteiger partial charge >= 0.3 is 0 Å².